The van der Waals surface area contributed by atoms with Gasteiger partial charge in [0.2, 0.25) is 0 Å². The Morgan fingerprint density at radius 1 is 2.00 bits per heavy atom. The summed E-state index contributed by atoms with van der Waals surface area (Å²) in [6.45, 7) is 1.37. The Kier molecular flexibility index (Phi) is 3.24. The van der Waals surface area contributed by atoms with E-state index in [-0.39, 0.29) is 5.97 Å². The molecule has 0 saturated heterocycles. The Balaban J connectivity index is 3.05. The van der Waals surface area contributed by atoms with Crippen molar-refractivity contribution < 1.29 is 28.9 Å². The van der Waals surface area contributed by atoms with E-state index in [4.69, 9.17) is 0 Å². The topological polar surface area (TPSA) is 26.3 Å². The van der Waals surface area contributed by atoms with Crippen molar-refractivity contribution in [3.8, 4) is 0 Å². The van der Waals surface area contributed by atoms with Crippen molar-refractivity contribution in [2.75, 3.05) is 0 Å². The zero-order chi connectivity index (χ0) is 4.99. The van der Waals surface area contributed by atoms with E-state index in [1.165, 1.54) is 11.5 Å². The van der Waals surface area contributed by atoms with Gasteiger partial charge in [-0.15, -0.1) is 0 Å². The number of hydrogen-bond acceptors (Lipinski definition) is 2. The molecule has 3 heteroatoms. The van der Waals surface area contributed by atoms with Gasteiger partial charge in [0.25, 0.3) is 0 Å². The first-order chi connectivity index (χ1) is 2.77. The van der Waals surface area contributed by atoms with Crippen molar-refractivity contribution >= 4 is 10.6 Å². The molecule has 0 fully saturated rings. The summed E-state index contributed by atoms with van der Waals surface area (Å²) in [6, 6.07) is 0. The average molecular weight is 256 g/mol. The molecule has 0 atom stereocenters. The van der Waals surface area contributed by atoms with Crippen LogP contribution in [0.2, 0.25) is 0 Å². The van der Waals surface area contributed by atoms with Crippen molar-refractivity contribution in [2.24, 2.45) is 0 Å². The Morgan fingerprint density at radius 2 is 2.50 bits per heavy atom. The molecule has 0 rings (SSSR count). The summed E-state index contributed by atoms with van der Waals surface area (Å²) in [5.74, 6) is -0.245. The molecule has 0 bridgehead atoms. The second kappa shape index (κ2) is 3.23. The molecular formula is C3H4O2W. The zero-order valence-corrected chi connectivity index (χ0v) is 6.24. The molecule has 0 heterocycles. The number of rotatable bonds is 1. The minimum atomic E-state index is -0.245. The first-order valence-corrected chi connectivity index (χ1v) is 3.07. The van der Waals surface area contributed by atoms with Gasteiger partial charge in [0.1, 0.15) is 0 Å². The molecule has 0 unspecified atom stereocenters. The summed E-state index contributed by atoms with van der Waals surface area (Å²) in [5, 5.41) is 0. The van der Waals surface area contributed by atoms with E-state index >= 15 is 0 Å². The van der Waals surface area contributed by atoms with Gasteiger partial charge in [0, 0.05) is 0 Å². The first-order valence-electron chi connectivity index (χ1n) is 1.38. The Labute approximate surface area is 46.9 Å². The van der Waals surface area contributed by atoms with Crippen LogP contribution < -0.4 is 0 Å². The maximum absolute atomic E-state index is 9.80. The number of esters is 1. The zero-order valence-electron chi connectivity index (χ0n) is 3.30. The molecular weight excluding hydrogens is 252 g/mol. The van der Waals surface area contributed by atoms with Crippen LogP contribution >= 0.6 is 0 Å². The standard InChI is InChI=1S/C3H4O2.W/c1-3(4)5-2;/h2H,1H3;. The third-order valence-electron chi connectivity index (χ3n) is 0.214. The number of hydrogen-bond donors (Lipinski definition) is 0. The predicted molar refractivity (Wildman–Crippen MR) is 17.8 cm³/mol. The molecule has 0 aliphatic carbocycles. The van der Waals surface area contributed by atoms with Crippen LogP contribution in [0.3, 0.4) is 0 Å². The maximum atomic E-state index is 9.80. The van der Waals surface area contributed by atoms with E-state index in [9.17, 15) is 4.79 Å². The molecule has 0 amide bonds. The second-order valence-corrected chi connectivity index (χ2v) is 1.40. The van der Waals surface area contributed by atoms with Crippen LogP contribution in [-0.2, 0) is 28.9 Å². The van der Waals surface area contributed by atoms with E-state index in [2.05, 4.69) is 4.74 Å². The molecule has 2 nitrogen and oxygen atoms in total. The van der Waals surface area contributed by atoms with Gasteiger partial charge in [0.15, 0.2) is 0 Å². The summed E-state index contributed by atoms with van der Waals surface area (Å²) in [6.07, 6.45) is 0. The van der Waals surface area contributed by atoms with Gasteiger partial charge < -0.3 is 0 Å². The monoisotopic (exact) mass is 256 g/mol. The van der Waals surface area contributed by atoms with E-state index in [1.807, 2.05) is 0 Å². The van der Waals surface area contributed by atoms with Crippen LogP contribution in [0.5, 0.6) is 0 Å². The molecule has 0 spiro atoms. The van der Waals surface area contributed by atoms with Crippen LogP contribution in [0.1, 0.15) is 6.92 Å². The van der Waals surface area contributed by atoms with Crippen LogP contribution in [0.15, 0.2) is 0 Å². The molecule has 0 aromatic carbocycles. The van der Waals surface area contributed by atoms with E-state index < -0.39 is 0 Å². The molecule has 0 saturated carbocycles. The first kappa shape index (κ1) is 6.03. The van der Waals surface area contributed by atoms with Crippen LogP contribution in [0.4, 0.5) is 0 Å². The number of ether oxygens (including phenoxy) is 1. The van der Waals surface area contributed by atoms with Crippen molar-refractivity contribution in [1.29, 1.82) is 0 Å². The Morgan fingerprint density at radius 3 is 2.50 bits per heavy atom. The van der Waals surface area contributed by atoms with Crippen LogP contribution in [-0.4, -0.2) is 10.6 Å². The normalized spacial score (nSPS) is 6.83. The summed E-state index contributed by atoms with van der Waals surface area (Å²) in [5.41, 5.74) is 0. The molecule has 0 aliphatic rings. The van der Waals surface area contributed by atoms with Crippen molar-refractivity contribution in [3.05, 3.63) is 0 Å². The van der Waals surface area contributed by atoms with E-state index in [1.54, 1.807) is 0 Å². The Hall–Kier alpha value is 0.0283. The second-order valence-electron chi connectivity index (χ2n) is 0.706. The molecule has 34 valence electrons. The van der Waals surface area contributed by atoms with Crippen LogP contribution in [0, 0.1) is 0 Å². The number of carbonyl (C=O) groups excluding carboxylic acids is 1. The predicted octanol–water partition coefficient (Wildman–Crippen LogP) is -0.144. The molecule has 0 N–H and O–H groups in total. The molecule has 0 aromatic heterocycles. The van der Waals surface area contributed by atoms with Gasteiger partial charge in [0.05, 0.1) is 0 Å². The third kappa shape index (κ3) is 4.03. The quantitative estimate of drug-likeness (QED) is 0.610. The van der Waals surface area contributed by atoms with Gasteiger partial charge in [-0.3, -0.25) is 0 Å². The third-order valence-corrected chi connectivity index (χ3v) is 0.560. The summed E-state index contributed by atoms with van der Waals surface area (Å²) < 4.78 is 5.75. The fourth-order valence-corrected chi connectivity index (χ4v) is 0.555. The fraction of sp³-hybridized carbons (Fsp3) is 0.333. The van der Waals surface area contributed by atoms with Crippen molar-refractivity contribution in [2.45, 2.75) is 6.92 Å². The number of carbonyl (C=O) groups is 1. The van der Waals surface area contributed by atoms with Crippen molar-refractivity contribution in [3.63, 3.8) is 0 Å². The van der Waals surface area contributed by atoms with E-state index in [0.29, 0.717) is 0 Å². The van der Waals surface area contributed by atoms with Gasteiger partial charge in [-0.1, -0.05) is 0 Å². The summed E-state index contributed by atoms with van der Waals surface area (Å²) >= 11 is 1.15. The molecule has 6 heavy (non-hydrogen) atoms. The minimum absolute atomic E-state index is 0.245. The molecule has 0 aromatic rings. The molecule has 0 aliphatic heterocycles. The van der Waals surface area contributed by atoms with Gasteiger partial charge in [-0.05, 0) is 0 Å². The Bertz CT molecular complexity index is 69.2. The summed E-state index contributed by atoms with van der Waals surface area (Å²) in [4.78, 5) is 9.80. The van der Waals surface area contributed by atoms with Crippen molar-refractivity contribution in [1.82, 2.24) is 0 Å². The van der Waals surface area contributed by atoms with Gasteiger partial charge >= 0.3 is 46.4 Å². The van der Waals surface area contributed by atoms with Crippen LogP contribution in [0.25, 0.3) is 0 Å². The summed E-state index contributed by atoms with van der Waals surface area (Å²) in [7, 11) is 0. The van der Waals surface area contributed by atoms with E-state index in [0.717, 1.165) is 19.4 Å². The average Bonchev–Trinajstić information content (AvgIpc) is 1.35. The van der Waals surface area contributed by atoms with Gasteiger partial charge in [-0.2, -0.15) is 0 Å². The SMILES string of the molecule is CC(=O)O[CH]=[W]. The molecule has 0 radical (unpaired) electrons. The van der Waals surface area contributed by atoms with Gasteiger partial charge in [-0.25, -0.2) is 0 Å². The fourth-order valence-electron chi connectivity index (χ4n) is 0.0678.